The summed E-state index contributed by atoms with van der Waals surface area (Å²) in [6.07, 6.45) is -0.365. The second kappa shape index (κ2) is 11.4. The number of aliphatic hydroxyl groups excluding tert-OH is 1. The number of carbonyl (C=O) groups is 3. The first-order valence-corrected chi connectivity index (χ1v) is 13.8. The van der Waals surface area contributed by atoms with Crippen LogP contribution in [0.4, 0.5) is 0 Å². The second-order valence-corrected chi connectivity index (χ2v) is 10.8. The van der Waals surface area contributed by atoms with Crippen molar-refractivity contribution >= 4 is 29.1 Å². The number of amides is 1. The number of morpholine rings is 1. The highest BCUT2D eigenvalue weighted by Crippen LogP contribution is 2.56. The Balaban J connectivity index is 1.68. The van der Waals surface area contributed by atoms with E-state index in [1.807, 2.05) is 0 Å². The van der Waals surface area contributed by atoms with Gasteiger partial charge in [0.25, 0.3) is 0 Å². The van der Waals surface area contributed by atoms with Crippen molar-refractivity contribution in [3.63, 3.8) is 0 Å². The van der Waals surface area contributed by atoms with Crippen LogP contribution in [-0.2, 0) is 14.3 Å². The fraction of sp³-hybridized carbons (Fsp3) is 0.433. The first-order valence-electron chi connectivity index (χ1n) is 13.5. The van der Waals surface area contributed by atoms with Crippen molar-refractivity contribution in [1.82, 2.24) is 4.90 Å². The molecule has 42 heavy (non-hydrogen) atoms. The molecule has 1 saturated heterocycles. The van der Waals surface area contributed by atoms with Crippen LogP contribution in [0.15, 0.2) is 35.6 Å². The molecule has 1 aliphatic carbocycles. The van der Waals surface area contributed by atoms with Crippen molar-refractivity contribution in [2.45, 2.75) is 31.3 Å². The minimum Gasteiger partial charge on any atom is -0.507 e. The molecule has 1 fully saturated rings. The first-order chi connectivity index (χ1) is 20.1. The summed E-state index contributed by atoms with van der Waals surface area (Å²) in [5.41, 5.74) is -1.70. The minimum absolute atomic E-state index is 0.0132. The molecule has 0 radical (unpaired) electrons. The molecule has 0 aromatic heterocycles. The predicted octanol–water partition coefficient (Wildman–Crippen LogP) is 3.84. The Morgan fingerprint density at radius 2 is 1.74 bits per heavy atom. The second-order valence-electron chi connectivity index (χ2n) is 10.4. The van der Waals surface area contributed by atoms with Gasteiger partial charge in [-0.25, -0.2) is 0 Å². The molecule has 11 nitrogen and oxygen atoms in total. The Morgan fingerprint density at radius 1 is 1.07 bits per heavy atom. The van der Waals surface area contributed by atoms with Crippen molar-refractivity contribution in [2.24, 2.45) is 5.92 Å². The van der Waals surface area contributed by atoms with E-state index < -0.39 is 34.8 Å². The number of ketones is 2. The highest BCUT2D eigenvalue weighted by Gasteiger charge is 2.61. The van der Waals surface area contributed by atoms with Gasteiger partial charge in [0.2, 0.25) is 17.3 Å². The number of ether oxygens (including phenoxy) is 5. The molecular formula is C30H32ClNO10. The first kappa shape index (κ1) is 29.5. The summed E-state index contributed by atoms with van der Waals surface area (Å²) in [6.45, 7) is 3.14. The van der Waals surface area contributed by atoms with Crippen LogP contribution in [0.1, 0.15) is 41.6 Å². The molecule has 3 atom stereocenters. The molecular weight excluding hydrogens is 570 g/mol. The number of hydrogen-bond donors (Lipinski definition) is 2. The molecule has 5 rings (SSSR count). The van der Waals surface area contributed by atoms with E-state index in [0.29, 0.717) is 31.9 Å². The van der Waals surface area contributed by atoms with Crippen molar-refractivity contribution in [3.05, 3.63) is 51.7 Å². The van der Waals surface area contributed by atoms with E-state index in [-0.39, 0.29) is 63.7 Å². The maximum atomic E-state index is 14.2. The molecule has 12 heteroatoms. The van der Waals surface area contributed by atoms with E-state index in [4.69, 9.17) is 35.3 Å². The topological polar surface area (TPSA) is 141 Å². The molecule has 2 aromatic carbocycles. The number of rotatable bonds is 7. The Morgan fingerprint density at radius 3 is 2.38 bits per heavy atom. The van der Waals surface area contributed by atoms with E-state index in [0.717, 1.165) is 0 Å². The van der Waals surface area contributed by atoms with Crippen molar-refractivity contribution in [3.8, 4) is 28.7 Å². The third-order valence-corrected chi connectivity index (χ3v) is 8.57. The monoisotopic (exact) mass is 601 g/mol. The summed E-state index contributed by atoms with van der Waals surface area (Å²) >= 11 is 6.55. The lowest BCUT2D eigenvalue weighted by Crippen LogP contribution is -2.53. The standard InChI is InChI=1S/C30H32ClNO10/c1-15-11-19(34)24(28(36)30(15)29(37)25-21(39-3)14-22(40-4)26(31)27(25)42-30)17(13-23(35)32-7-9-41-10-8-32)16-5-6-18(33)20(12-16)38-2/h5-6,12,14-15,17,33,36H,7-11,13H2,1-4H3/t15-,17?,30+/m1/s1. The molecule has 2 N–H and O–H groups in total. The van der Waals surface area contributed by atoms with Gasteiger partial charge in [-0.05, 0) is 17.7 Å². The van der Waals surface area contributed by atoms with Crippen LogP contribution in [0.2, 0.25) is 5.02 Å². The Kier molecular flexibility index (Phi) is 8.00. The molecule has 2 aromatic rings. The van der Waals surface area contributed by atoms with Gasteiger partial charge in [-0.2, -0.15) is 0 Å². The number of methoxy groups -OCH3 is 3. The summed E-state index contributed by atoms with van der Waals surface area (Å²) in [5, 5.41) is 22.2. The number of hydrogen-bond acceptors (Lipinski definition) is 10. The smallest absolute Gasteiger partial charge is 0.231 e. The van der Waals surface area contributed by atoms with Gasteiger partial charge < -0.3 is 38.8 Å². The zero-order valence-corrected chi connectivity index (χ0v) is 24.4. The molecule has 0 saturated carbocycles. The number of carbonyl (C=O) groups excluding carboxylic acids is 3. The summed E-state index contributed by atoms with van der Waals surface area (Å²) < 4.78 is 27.7. The SMILES string of the molecule is COc1cc(C(CC(=O)N2CCOCC2)C2=C(O)[C@@]3(Oc4c(Cl)c(OC)cc(OC)c4C3=O)[C@H](C)CC2=O)ccc1O. The highest BCUT2D eigenvalue weighted by molar-refractivity contribution is 6.35. The van der Waals surface area contributed by atoms with Gasteiger partial charge in [-0.1, -0.05) is 24.6 Å². The lowest BCUT2D eigenvalue weighted by molar-refractivity contribution is -0.135. The molecule has 0 bridgehead atoms. The Hall–Kier alpha value is -3.96. The van der Waals surface area contributed by atoms with E-state index in [9.17, 15) is 24.6 Å². The zero-order valence-electron chi connectivity index (χ0n) is 23.7. The van der Waals surface area contributed by atoms with Crippen LogP contribution < -0.4 is 18.9 Å². The van der Waals surface area contributed by atoms with Gasteiger partial charge in [-0.3, -0.25) is 14.4 Å². The van der Waals surface area contributed by atoms with Crippen molar-refractivity contribution < 1.29 is 48.3 Å². The maximum absolute atomic E-state index is 14.2. The summed E-state index contributed by atoms with van der Waals surface area (Å²) in [5.74, 6) is -3.47. The number of nitrogens with zero attached hydrogens (tertiary/aromatic N) is 1. The lowest BCUT2D eigenvalue weighted by atomic mass is 9.69. The Bertz CT molecular complexity index is 1480. The normalized spacial score (nSPS) is 22.6. The Labute approximate surface area is 247 Å². The van der Waals surface area contributed by atoms with Crippen molar-refractivity contribution in [2.75, 3.05) is 47.6 Å². The van der Waals surface area contributed by atoms with Gasteiger partial charge in [0.1, 0.15) is 22.1 Å². The highest BCUT2D eigenvalue weighted by atomic mass is 35.5. The van der Waals surface area contributed by atoms with Gasteiger partial charge in [0, 0.05) is 49.4 Å². The van der Waals surface area contributed by atoms with Crippen molar-refractivity contribution in [1.29, 1.82) is 0 Å². The molecule has 3 aliphatic rings. The number of fused-ring (bicyclic) bond motifs is 1. The zero-order chi connectivity index (χ0) is 30.3. The van der Waals surface area contributed by atoms with E-state index in [1.54, 1.807) is 17.9 Å². The van der Waals surface area contributed by atoms with Crippen LogP contribution in [0, 0.1) is 5.92 Å². The van der Waals surface area contributed by atoms with Crippen LogP contribution in [0.3, 0.4) is 0 Å². The quantitative estimate of drug-likeness (QED) is 0.481. The number of phenols is 1. The molecule has 1 spiro atoms. The van der Waals surface area contributed by atoms with E-state index in [1.165, 1.54) is 39.5 Å². The predicted molar refractivity (Wildman–Crippen MR) is 150 cm³/mol. The summed E-state index contributed by atoms with van der Waals surface area (Å²) in [6, 6.07) is 5.88. The molecule has 2 heterocycles. The van der Waals surface area contributed by atoms with Crippen LogP contribution in [0.25, 0.3) is 0 Å². The van der Waals surface area contributed by atoms with Gasteiger partial charge in [-0.15, -0.1) is 0 Å². The number of benzene rings is 2. The molecule has 1 amide bonds. The molecule has 2 aliphatic heterocycles. The lowest BCUT2D eigenvalue weighted by Gasteiger charge is -2.39. The van der Waals surface area contributed by atoms with Gasteiger partial charge in [0.05, 0.1) is 34.5 Å². The maximum Gasteiger partial charge on any atom is 0.231 e. The molecule has 1 unspecified atom stereocenters. The average Bonchev–Trinajstić information content (AvgIpc) is 3.31. The van der Waals surface area contributed by atoms with E-state index in [2.05, 4.69) is 0 Å². The van der Waals surface area contributed by atoms with Gasteiger partial charge >= 0.3 is 0 Å². The minimum atomic E-state index is -2.00. The number of aromatic hydroxyl groups is 1. The number of phenolic OH excluding ortho intramolecular Hbond substituents is 1. The number of allylic oxidation sites excluding steroid dienone is 1. The number of halogens is 1. The van der Waals surface area contributed by atoms with E-state index >= 15 is 0 Å². The van der Waals surface area contributed by atoms with Crippen LogP contribution in [0.5, 0.6) is 28.7 Å². The fourth-order valence-electron chi connectivity index (χ4n) is 5.95. The van der Waals surface area contributed by atoms with Crippen LogP contribution >= 0.6 is 11.6 Å². The third-order valence-electron chi connectivity index (χ3n) is 8.21. The van der Waals surface area contributed by atoms with Crippen LogP contribution in [-0.4, -0.2) is 85.8 Å². The summed E-state index contributed by atoms with van der Waals surface area (Å²) in [4.78, 5) is 43.1. The number of aliphatic hydroxyl groups is 1. The molecule has 224 valence electrons. The van der Waals surface area contributed by atoms with Gasteiger partial charge in [0.15, 0.2) is 28.8 Å². The largest absolute Gasteiger partial charge is 0.507 e. The fourth-order valence-corrected chi connectivity index (χ4v) is 6.22. The summed E-state index contributed by atoms with van der Waals surface area (Å²) in [7, 11) is 4.15. The average molecular weight is 602 g/mol. The number of Topliss-reactive ketones (excluding diaryl/α,β-unsaturated/α-hetero) is 2. The third kappa shape index (κ3) is 4.60.